The highest BCUT2D eigenvalue weighted by Crippen LogP contribution is 2.14. The van der Waals surface area contributed by atoms with Gasteiger partial charge < -0.3 is 4.90 Å². The highest BCUT2D eigenvalue weighted by atomic mass is 32.2. The van der Waals surface area contributed by atoms with Gasteiger partial charge in [-0.1, -0.05) is 18.2 Å². The van der Waals surface area contributed by atoms with Crippen LogP contribution in [0.5, 0.6) is 0 Å². The van der Waals surface area contributed by atoms with Crippen molar-refractivity contribution in [3.05, 3.63) is 60.4 Å². The fourth-order valence-electron chi connectivity index (χ4n) is 1.98. The SMILES string of the molecule is C[C@@H](CNS(=O)(=O)c1ccc(F)cc1)N(C)c1ccccc1. The van der Waals surface area contributed by atoms with E-state index in [0.717, 1.165) is 17.8 Å². The van der Waals surface area contributed by atoms with E-state index in [4.69, 9.17) is 0 Å². The van der Waals surface area contributed by atoms with Crippen LogP contribution in [0.25, 0.3) is 0 Å². The number of hydrogen-bond acceptors (Lipinski definition) is 3. The van der Waals surface area contributed by atoms with Gasteiger partial charge in [0.25, 0.3) is 0 Å². The molecule has 1 N–H and O–H groups in total. The van der Waals surface area contributed by atoms with E-state index in [0.29, 0.717) is 0 Å². The Balaban J connectivity index is 2.01. The summed E-state index contributed by atoms with van der Waals surface area (Å²) in [7, 11) is -1.72. The molecule has 6 heteroatoms. The Bertz CT molecular complexity index is 703. The third kappa shape index (κ3) is 4.05. The molecule has 0 aliphatic rings. The van der Waals surface area contributed by atoms with Crippen LogP contribution in [0.2, 0.25) is 0 Å². The Morgan fingerprint density at radius 3 is 2.27 bits per heavy atom. The predicted molar refractivity (Wildman–Crippen MR) is 85.9 cm³/mol. The Hall–Kier alpha value is -1.92. The molecule has 4 nitrogen and oxygen atoms in total. The van der Waals surface area contributed by atoms with Gasteiger partial charge in [0.2, 0.25) is 10.0 Å². The molecule has 2 aromatic carbocycles. The minimum absolute atomic E-state index is 0.0300. The summed E-state index contributed by atoms with van der Waals surface area (Å²) < 4.78 is 39.7. The highest BCUT2D eigenvalue weighted by Gasteiger charge is 2.17. The number of rotatable bonds is 6. The van der Waals surface area contributed by atoms with Crippen molar-refractivity contribution in [2.75, 3.05) is 18.5 Å². The first kappa shape index (κ1) is 16.5. The standard InChI is InChI=1S/C16H19FN2O2S/c1-13(19(2)15-6-4-3-5-7-15)12-18-22(20,21)16-10-8-14(17)9-11-16/h3-11,13,18H,12H2,1-2H3/t13-/m0/s1. The van der Waals surface area contributed by atoms with Gasteiger partial charge in [-0.25, -0.2) is 17.5 Å². The van der Waals surface area contributed by atoms with Gasteiger partial charge in [0, 0.05) is 25.3 Å². The van der Waals surface area contributed by atoms with Gasteiger partial charge in [0.05, 0.1) is 4.90 Å². The summed E-state index contributed by atoms with van der Waals surface area (Å²) in [6.45, 7) is 2.19. The lowest BCUT2D eigenvalue weighted by atomic mass is 10.2. The van der Waals surface area contributed by atoms with E-state index in [1.54, 1.807) is 0 Å². The Morgan fingerprint density at radius 2 is 1.68 bits per heavy atom. The van der Waals surface area contributed by atoms with Crippen LogP contribution in [0.15, 0.2) is 59.5 Å². The average Bonchev–Trinajstić information content (AvgIpc) is 2.53. The van der Waals surface area contributed by atoms with E-state index in [-0.39, 0.29) is 17.5 Å². The molecular weight excluding hydrogens is 303 g/mol. The van der Waals surface area contributed by atoms with Crippen molar-refractivity contribution in [3.63, 3.8) is 0 Å². The zero-order chi connectivity index (χ0) is 16.2. The monoisotopic (exact) mass is 322 g/mol. The first-order valence-electron chi connectivity index (χ1n) is 6.93. The van der Waals surface area contributed by atoms with Crippen LogP contribution in [0, 0.1) is 5.82 Å². The summed E-state index contributed by atoms with van der Waals surface area (Å²) >= 11 is 0. The van der Waals surface area contributed by atoms with E-state index in [2.05, 4.69) is 4.72 Å². The smallest absolute Gasteiger partial charge is 0.240 e. The van der Waals surface area contributed by atoms with Gasteiger partial charge in [0.15, 0.2) is 0 Å². The second-order valence-electron chi connectivity index (χ2n) is 5.10. The van der Waals surface area contributed by atoms with Crippen molar-refractivity contribution in [2.45, 2.75) is 17.9 Å². The lowest BCUT2D eigenvalue weighted by Gasteiger charge is -2.27. The van der Waals surface area contributed by atoms with Crippen LogP contribution in [0.4, 0.5) is 10.1 Å². The molecular formula is C16H19FN2O2S. The fraction of sp³-hybridized carbons (Fsp3) is 0.250. The molecule has 22 heavy (non-hydrogen) atoms. The fourth-order valence-corrected chi connectivity index (χ4v) is 3.10. The van der Waals surface area contributed by atoms with Crippen LogP contribution < -0.4 is 9.62 Å². The molecule has 0 heterocycles. The van der Waals surface area contributed by atoms with E-state index in [9.17, 15) is 12.8 Å². The molecule has 0 aromatic heterocycles. The van der Waals surface area contributed by atoms with E-state index >= 15 is 0 Å². The molecule has 1 atom stereocenters. The van der Waals surface area contributed by atoms with Crippen molar-refractivity contribution >= 4 is 15.7 Å². The Morgan fingerprint density at radius 1 is 1.09 bits per heavy atom. The van der Waals surface area contributed by atoms with Gasteiger partial charge >= 0.3 is 0 Å². The number of anilines is 1. The van der Waals surface area contributed by atoms with Gasteiger partial charge in [0.1, 0.15) is 5.82 Å². The highest BCUT2D eigenvalue weighted by molar-refractivity contribution is 7.89. The maximum Gasteiger partial charge on any atom is 0.240 e. The second-order valence-corrected chi connectivity index (χ2v) is 6.87. The van der Waals surface area contributed by atoms with Crippen molar-refractivity contribution in [3.8, 4) is 0 Å². The van der Waals surface area contributed by atoms with Crippen LogP contribution in [-0.2, 0) is 10.0 Å². The first-order valence-corrected chi connectivity index (χ1v) is 8.41. The summed E-state index contributed by atoms with van der Waals surface area (Å²) in [5, 5.41) is 0. The Kier molecular flexibility index (Phi) is 5.15. The maximum absolute atomic E-state index is 12.9. The topological polar surface area (TPSA) is 49.4 Å². The normalized spacial score (nSPS) is 12.9. The largest absolute Gasteiger partial charge is 0.371 e. The summed E-state index contributed by atoms with van der Waals surface area (Å²) in [6.07, 6.45) is 0. The molecule has 0 saturated carbocycles. The van der Waals surface area contributed by atoms with Crippen LogP contribution in [0.3, 0.4) is 0 Å². The van der Waals surface area contributed by atoms with Crippen molar-refractivity contribution in [2.24, 2.45) is 0 Å². The van der Waals surface area contributed by atoms with Crippen LogP contribution in [-0.4, -0.2) is 28.1 Å². The lowest BCUT2D eigenvalue weighted by molar-refractivity contribution is 0.569. The summed E-state index contributed by atoms with van der Waals surface area (Å²) in [5.74, 6) is -0.462. The maximum atomic E-state index is 12.9. The number of benzene rings is 2. The average molecular weight is 322 g/mol. The number of nitrogens with zero attached hydrogens (tertiary/aromatic N) is 1. The van der Waals surface area contributed by atoms with Crippen molar-refractivity contribution in [1.29, 1.82) is 0 Å². The van der Waals surface area contributed by atoms with E-state index < -0.39 is 15.8 Å². The van der Waals surface area contributed by atoms with Crippen LogP contribution >= 0.6 is 0 Å². The molecule has 0 aliphatic heterocycles. The molecule has 2 rings (SSSR count). The Labute approximate surface area is 130 Å². The van der Waals surface area contributed by atoms with E-state index in [1.807, 2.05) is 49.2 Å². The van der Waals surface area contributed by atoms with Crippen molar-refractivity contribution < 1.29 is 12.8 Å². The molecule has 0 radical (unpaired) electrons. The molecule has 0 unspecified atom stereocenters. The first-order chi connectivity index (χ1) is 10.4. The molecule has 0 bridgehead atoms. The molecule has 0 amide bonds. The zero-order valence-corrected chi connectivity index (χ0v) is 13.3. The molecule has 0 saturated heterocycles. The second kappa shape index (κ2) is 6.89. The number of likely N-dealkylation sites (N-methyl/N-ethyl adjacent to an activating group) is 1. The van der Waals surface area contributed by atoms with Crippen molar-refractivity contribution in [1.82, 2.24) is 4.72 Å². The number of para-hydroxylation sites is 1. The number of sulfonamides is 1. The molecule has 118 valence electrons. The lowest BCUT2D eigenvalue weighted by Crippen LogP contribution is -2.40. The third-order valence-corrected chi connectivity index (χ3v) is 4.96. The van der Waals surface area contributed by atoms with Crippen LogP contribution in [0.1, 0.15) is 6.92 Å². The summed E-state index contributed by atoms with van der Waals surface area (Å²) in [5.41, 5.74) is 1.01. The summed E-state index contributed by atoms with van der Waals surface area (Å²) in [4.78, 5) is 2.05. The minimum atomic E-state index is -3.63. The number of halogens is 1. The quantitative estimate of drug-likeness (QED) is 0.889. The van der Waals surface area contributed by atoms with Gasteiger partial charge in [-0.15, -0.1) is 0 Å². The minimum Gasteiger partial charge on any atom is -0.371 e. The number of nitrogens with one attached hydrogen (secondary N) is 1. The molecule has 2 aromatic rings. The summed E-state index contributed by atoms with van der Waals surface area (Å²) in [6, 6.07) is 14.5. The predicted octanol–water partition coefficient (Wildman–Crippen LogP) is 2.63. The van der Waals surface area contributed by atoms with Gasteiger partial charge in [-0.3, -0.25) is 0 Å². The molecule has 0 spiro atoms. The van der Waals surface area contributed by atoms with Gasteiger partial charge in [-0.05, 0) is 43.3 Å². The zero-order valence-electron chi connectivity index (χ0n) is 12.5. The van der Waals surface area contributed by atoms with E-state index in [1.165, 1.54) is 12.1 Å². The number of hydrogen-bond donors (Lipinski definition) is 1. The molecule has 0 fully saturated rings. The third-order valence-electron chi connectivity index (χ3n) is 3.52. The molecule has 0 aliphatic carbocycles. The van der Waals surface area contributed by atoms with Gasteiger partial charge in [-0.2, -0.15) is 0 Å².